The zero-order valence-electron chi connectivity index (χ0n) is 10.2. The van der Waals surface area contributed by atoms with Crippen LogP contribution in [0.3, 0.4) is 0 Å². The van der Waals surface area contributed by atoms with Crippen LogP contribution in [0.5, 0.6) is 0 Å². The first-order valence-corrected chi connectivity index (χ1v) is 5.50. The van der Waals surface area contributed by atoms with Crippen molar-refractivity contribution in [2.75, 3.05) is 19.0 Å². The fourth-order valence-corrected chi connectivity index (χ4v) is 1.61. The Morgan fingerprint density at radius 2 is 1.78 bits per heavy atom. The average molecular weight is 244 g/mol. The number of anilines is 1. The van der Waals surface area contributed by atoms with E-state index in [9.17, 15) is 9.18 Å². The van der Waals surface area contributed by atoms with Gasteiger partial charge in [0.2, 0.25) is 0 Å². The van der Waals surface area contributed by atoms with E-state index in [1.165, 1.54) is 12.3 Å². The Morgan fingerprint density at radius 3 is 2.33 bits per heavy atom. The molecule has 0 radical (unpaired) electrons. The lowest BCUT2D eigenvalue weighted by molar-refractivity contribution is 0.103. The number of carbonyl (C=O) groups is 1. The summed E-state index contributed by atoms with van der Waals surface area (Å²) in [6.45, 7) is 0. The molecule has 0 saturated carbocycles. The van der Waals surface area contributed by atoms with E-state index < -0.39 is 5.82 Å². The Balaban J connectivity index is 2.29. The maximum atomic E-state index is 13.0. The highest BCUT2D eigenvalue weighted by atomic mass is 19.1. The SMILES string of the molecule is CN(C)c1ccc(C(=O)c2cncc(F)c2)cc1. The number of nitrogens with zero attached hydrogens (tertiary/aromatic N) is 2. The lowest BCUT2D eigenvalue weighted by atomic mass is 10.0. The van der Waals surface area contributed by atoms with Gasteiger partial charge >= 0.3 is 0 Å². The van der Waals surface area contributed by atoms with E-state index in [0.717, 1.165) is 11.9 Å². The minimum absolute atomic E-state index is 0.229. The predicted molar refractivity (Wildman–Crippen MR) is 68.4 cm³/mol. The van der Waals surface area contributed by atoms with Gasteiger partial charge in [0.15, 0.2) is 5.78 Å². The number of carbonyl (C=O) groups excluding carboxylic acids is 1. The molecule has 2 aromatic rings. The van der Waals surface area contributed by atoms with Gasteiger partial charge in [0.25, 0.3) is 0 Å². The molecule has 2 rings (SSSR count). The molecule has 0 amide bonds. The number of benzene rings is 1. The maximum Gasteiger partial charge on any atom is 0.194 e. The second kappa shape index (κ2) is 4.96. The molecule has 0 atom stereocenters. The number of hydrogen-bond donors (Lipinski definition) is 0. The van der Waals surface area contributed by atoms with E-state index in [1.807, 2.05) is 31.1 Å². The topological polar surface area (TPSA) is 33.2 Å². The van der Waals surface area contributed by atoms with Crippen LogP contribution in [0.4, 0.5) is 10.1 Å². The zero-order valence-corrected chi connectivity index (χ0v) is 10.2. The minimum atomic E-state index is -0.509. The van der Waals surface area contributed by atoms with Gasteiger partial charge in [0.05, 0.1) is 6.20 Å². The number of ketones is 1. The van der Waals surface area contributed by atoms with Gasteiger partial charge in [-0.2, -0.15) is 0 Å². The third-order valence-electron chi connectivity index (χ3n) is 2.61. The van der Waals surface area contributed by atoms with Crippen molar-refractivity contribution in [3.05, 3.63) is 59.7 Å². The summed E-state index contributed by atoms with van der Waals surface area (Å²) in [5, 5.41) is 0. The van der Waals surface area contributed by atoms with Crippen LogP contribution < -0.4 is 4.90 Å². The van der Waals surface area contributed by atoms with Crippen LogP contribution in [0.15, 0.2) is 42.7 Å². The van der Waals surface area contributed by atoms with Crippen molar-refractivity contribution in [3.63, 3.8) is 0 Å². The zero-order chi connectivity index (χ0) is 13.1. The van der Waals surface area contributed by atoms with E-state index in [1.54, 1.807) is 12.1 Å². The molecule has 1 aromatic heterocycles. The monoisotopic (exact) mass is 244 g/mol. The third kappa shape index (κ3) is 2.53. The van der Waals surface area contributed by atoms with E-state index in [4.69, 9.17) is 0 Å². The first-order valence-electron chi connectivity index (χ1n) is 5.50. The Hall–Kier alpha value is -2.23. The summed E-state index contributed by atoms with van der Waals surface area (Å²) in [7, 11) is 3.85. The van der Waals surface area contributed by atoms with Gasteiger partial charge < -0.3 is 4.90 Å². The molecule has 0 saturated heterocycles. The van der Waals surface area contributed by atoms with Crippen molar-refractivity contribution in [2.24, 2.45) is 0 Å². The third-order valence-corrected chi connectivity index (χ3v) is 2.61. The van der Waals surface area contributed by atoms with Crippen LogP contribution in [0.1, 0.15) is 15.9 Å². The second-order valence-electron chi connectivity index (χ2n) is 4.16. The van der Waals surface area contributed by atoms with Crippen molar-refractivity contribution < 1.29 is 9.18 Å². The normalized spacial score (nSPS) is 10.2. The van der Waals surface area contributed by atoms with E-state index >= 15 is 0 Å². The van der Waals surface area contributed by atoms with Gasteiger partial charge in [-0.15, -0.1) is 0 Å². The first kappa shape index (κ1) is 12.2. The number of rotatable bonds is 3. The van der Waals surface area contributed by atoms with Gasteiger partial charge in [-0.25, -0.2) is 4.39 Å². The fraction of sp³-hybridized carbons (Fsp3) is 0.143. The Morgan fingerprint density at radius 1 is 1.11 bits per heavy atom. The molecule has 0 aliphatic carbocycles. The maximum absolute atomic E-state index is 13.0. The van der Waals surface area contributed by atoms with Crippen LogP contribution >= 0.6 is 0 Å². The highest BCUT2D eigenvalue weighted by molar-refractivity contribution is 6.08. The van der Waals surface area contributed by atoms with Crippen LogP contribution in [0, 0.1) is 5.82 Å². The summed E-state index contributed by atoms with van der Waals surface area (Å²) in [6.07, 6.45) is 2.44. The molecular weight excluding hydrogens is 231 g/mol. The lowest BCUT2D eigenvalue weighted by Gasteiger charge is -2.12. The van der Waals surface area contributed by atoms with E-state index in [-0.39, 0.29) is 11.3 Å². The summed E-state index contributed by atoms with van der Waals surface area (Å²) in [6, 6.07) is 8.33. The largest absolute Gasteiger partial charge is 0.378 e. The smallest absolute Gasteiger partial charge is 0.194 e. The molecule has 3 nitrogen and oxygen atoms in total. The molecule has 18 heavy (non-hydrogen) atoms. The van der Waals surface area contributed by atoms with Crippen molar-refractivity contribution in [2.45, 2.75) is 0 Å². The summed E-state index contributed by atoms with van der Waals surface area (Å²) in [4.78, 5) is 17.7. The molecule has 0 bridgehead atoms. The van der Waals surface area contributed by atoms with Gasteiger partial charge in [-0.3, -0.25) is 9.78 Å². The number of halogens is 1. The van der Waals surface area contributed by atoms with Crippen molar-refractivity contribution in [1.82, 2.24) is 4.98 Å². The molecule has 92 valence electrons. The molecule has 1 aromatic carbocycles. The van der Waals surface area contributed by atoms with E-state index in [0.29, 0.717) is 5.56 Å². The van der Waals surface area contributed by atoms with Crippen LogP contribution in [-0.4, -0.2) is 24.9 Å². The summed E-state index contributed by atoms with van der Waals surface area (Å²) in [5.41, 5.74) is 1.78. The van der Waals surface area contributed by atoms with Crippen LogP contribution in [-0.2, 0) is 0 Å². The number of aromatic nitrogens is 1. The Kier molecular flexibility index (Phi) is 3.37. The molecule has 0 aliphatic heterocycles. The van der Waals surface area contributed by atoms with Crippen LogP contribution in [0.25, 0.3) is 0 Å². The molecule has 0 unspecified atom stereocenters. The summed E-state index contributed by atoms with van der Waals surface area (Å²) < 4.78 is 13.0. The molecule has 0 aliphatic rings. The highest BCUT2D eigenvalue weighted by Crippen LogP contribution is 2.15. The van der Waals surface area contributed by atoms with E-state index in [2.05, 4.69) is 4.98 Å². The minimum Gasteiger partial charge on any atom is -0.378 e. The molecular formula is C14H13FN2O. The van der Waals surface area contributed by atoms with Gasteiger partial charge in [0.1, 0.15) is 5.82 Å². The van der Waals surface area contributed by atoms with Crippen molar-refractivity contribution >= 4 is 11.5 Å². The van der Waals surface area contributed by atoms with Crippen molar-refractivity contribution in [1.29, 1.82) is 0 Å². The average Bonchev–Trinajstić information content (AvgIpc) is 2.38. The molecule has 0 spiro atoms. The van der Waals surface area contributed by atoms with Gasteiger partial charge in [-0.1, -0.05) is 0 Å². The second-order valence-corrected chi connectivity index (χ2v) is 4.16. The quantitative estimate of drug-likeness (QED) is 0.778. The fourth-order valence-electron chi connectivity index (χ4n) is 1.61. The molecule has 0 fully saturated rings. The van der Waals surface area contributed by atoms with Crippen LogP contribution in [0.2, 0.25) is 0 Å². The van der Waals surface area contributed by atoms with Crippen molar-refractivity contribution in [3.8, 4) is 0 Å². The standard InChI is InChI=1S/C14H13FN2O/c1-17(2)13-5-3-10(4-6-13)14(18)11-7-12(15)9-16-8-11/h3-9H,1-2H3. The first-order chi connectivity index (χ1) is 8.58. The Labute approximate surface area is 105 Å². The molecule has 1 heterocycles. The molecule has 0 N–H and O–H groups in total. The number of pyridine rings is 1. The van der Waals surface area contributed by atoms with Gasteiger partial charge in [-0.05, 0) is 30.3 Å². The number of hydrogen-bond acceptors (Lipinski definition) is 3. The summed E-state index contributed by atoms with van der Waals surface area (Å²) >= 11 is 0. The highest BCUT2D eigenvalue weighted by Gasteiger charge is 2.10. The molecule has 4 heteroatoms. The lowest BCUT2D eigenvalue weighted by Crippen LogP contribution is -2.09. The Bertz CT molecular complexity index is 564. The van der Waals surface area contributed by atoms with Gasteiger partial charge in [0, 0.05) is 37.1 Å². The summed E-state index contributed by atoms with van der Waals surface area (Å²) in [5.74, 6) is -0.738. The predicted octanol–water partition coefficient (Wildman–Crippen LogP) is 2.52.